The largest absolute Gasteiger partial charge is 0.394 e. The highest BCUT2D eigenvalue weighted by Gasteiger charge is 2.50. The van der Waals surface area contributed by atoms with Crippen LogP contribution in [-0.4, -0.2) is 117 Å². The minimum absolute atomic E-state index is 0.214. The van der Waals surface area contributed by atoms with Crippen LogP contribution in [0.5, 0.6) is 0 Å². The Hall–Kier alpha value is -0.440. The van der Waals surface area contributed by atoms with Crippen LogP contribution in [0.3, 0.4) is 0 Å². The summed E-state index contributed by atoms with van der Waals surface area (Å²) in [5.41, 5.74) is 0. The van der Waals surface area contributed by atoms with Crippen molar-refractivity contribution < 1.29 is 54.7 Å². The zero-order valence-corrected chi connectivity index (χ0v) is 13.7. The van der Waals surface area contributed by atoms with Gasteiger partial charge in [0, 0.05) is 6.61 Å². The van der Waals surface area contributed by atoms with Crippen LogP contribution in [-0.2, 0) is 18.9 Å². The molecule has 2 rings (SSSR count). The zero-order valence-electron chi connectivity index (χ0n) is 13.7. The molecule has 7 N–H and O–H groups in total. The monoisotopic (exact) mass is 370 g/mol. The van der Waals surface area contributed by atoms with E-state index in [2.05, 4.69) is 0 Å². The molecule has 2 saturated heterocycles. The van der Waals surface area contributed by atoms with Crippen molar-refractivity contribution in [2.45, 2.75) is 68.3 Å². The summed E-state index contributed by atoms with van der Waals surface area (Å²) in [6, 6.07) is 0. The Balaban J connectivity index is 2.12. The standard InChI is InChI=1S/C14H26O11/c1-2-22-11-5(3-15)24-14(10(20)8(11)18)25-12-6(4-16)23-13(21)9(19)7(12)17/h5-21H,2-4H2,1H3. The quantitative estimate of drug-likeness (QED) is 0.240. The molecule has 10 atom stereocenters. The Bertz CT molecular complexity index is 406. The van der Waals surface area contributed by atoms with E-state index in [0.29, 0.717) is 0 Å². The van der Waals surface area contributed by atoms with Crippen LogP contribution in [0, 0.1) is 0 Å². The molecule has 10 unspecified atom stereocenters. The summed E-state index contributed by atoms with van der Waals surface area (Å²) in [6.07, 6.45) is -14.2. The van der Waals surface area contributed by atoms with Crippen LogP contribution < -0.4 is 0 Å². The predicted molar refractivity (Wildman–Crippen MR) is 78.0 cm³/mol. The fraction of sp³-hybridized carbons (Fsp3) is 1.00. The molecule has 2 fully saturated rings. The van der Waals surface area contributed by atoms with E-state index in [1.807, 2.05) is 0 Å². The molecule has 2 aliphatic rings. The molecule has 0 spiro atoms. The summed E-state index contributed by atoms with van der Waals surface area (Å²) >= 11 is 0. The molecule has 0 saturated carbocycles. The highest BCUT2D eigenvalue weighted by molar-refractivity contribution is 4.94. The third-order valence-electron chi connectivity index (χ3n) is 4.31. The van der Waals surface area contributed by atoms with Gasteiger partial charge in [-0.05, 0) is 6.92 Å². The van der Waals surface area contributed by atoms with E-state index in [-0.39, 0.29) is 6.61 Å². The van der Waals surface area contributed by atoms with Gasteiger partial charge in [-0.3, -0.25) is 0 Å². The number of aliphatic hydroxyl groups excluding tert-OH is 7. The van der Waals surface area contributed by atoms with E-state index >= 15 is 0 Å². The SMILES string of the molecule is CCOC1C(CO)OC(OC2C(CO)OC(O)C(O)C2O)C(O)C1O. The van der Waals surface area contributed by atoms with E-state index in [1.165, 1.54) is 0 Å². The van der Waals surface area contributed by atoms with Crippen LogP contribution in [0.2, 0.25) is 0 Å². The maximum atomic E-state index is 10.2. The summed E-state index contributed by atoms with van der Waals surface area (Å²) in [5.74, 6) is 0. The zero-order chi connectivity index (χ0) is 18.7. The Labute approximate surface area is 143 Å². The van der Waals surface area contributed by atoms with Gasteiger partial charge in [0.25, 0.3) is 0 Å². The summed E-state index contributed by atoms with van der Waals surface area (Å²) in [5, 5.41) is 68.3. The summed E-state index contributed by atoms with van der Waals surface area (Å²) in [7, 11) is 0. The van der Waals surface area contributed by atoms with E-state index < -0.39 is 74.6 Å². The molecule has 11 nitrogen and oxygen atoms in total. The Morgan fingerprint density at radius 3 is 1.88 bits per heavy atom. The highest BCUT2D eigenvalue weighted by Crippen LogP contribution is 2.29. The average molecular weight is 370 g/mol. The first-order chi connectivity index (χ1) is 11.8. The van der Waals surface area contributed by atoms with Crippen molar-refractivity contribution in [3.63, 3.8) is 0 Å². The maximum absolute atomic E-state index is 10.2. The molecule has 148 valence electrons. The third kappa shape index (κ3) is 4.28. The number of aliphatic hydroxyl groups is 7. The minimum Gasteiger partial charge on any atom is -0.394 e. The maximum Gasteiger partial charge on any atom is 0.187 e. The summed E-state index contributed by atoms with van der Waals surface area (Å²) < 4.78 is 21.0. The van der Waals surface area contributed by atoms with Crippen molar-refractivity contribution in [2.75, 3.05) is 19.8 Å². The van der Waals surface area contributed by atoms with Gasteiger partial charge in [-0.2, -0.15) is 0 Å². The Morgan fingerprint density at radius 1 is 0.760 bits per heavy atom. The van der Waals surface area contributed by atoms with Gasteiger partial charge in [0.15, 0.2) is 12.6 Å². The highest BCUT2D eigenvalue weighted by atomic mass is 16.7. The third-order valence-corrected chi connectivity index (χ3v) is 4.31. The van der Waals surface area contributed by atoms with E-state index in [9.17, 15) is 35.7 Å². The second kappa shape index (κ2) is 8.97. The molecule has 0 aromatic rings. The Kier molecular flexibility index (Phi) is 7.49. The fourth-order valence-electron chi connectivity index (χ4n) is 2.95. The lowest BCUT2D eigenvalue weighted by molar-refractivity contribution is -0.357. The molecule has 0 aromatic carbocycles. The Morgan fingerprint density at radius 2 is 1.32 bits per heavy atom. The van der Waals surface area contributed by atoms with E-state index in [0.717, 1.165) is 0 Å². The van der Waals surface area contributed by atoms with Gasteiger partial charge in [0.05, 0.1) is 13.2 Å². The number of hydrogen-bond donors (Lipinski definition) is 7. The number of hydrogen-bond acceptors (Lipinski definition) is 11. The van der Waals surface area contributed by atoms with Gasteiger partial charge in [-0.1, -0.05) is 0 Å². The minimum atomic E-state index is -1.72. The van der Waals surface area contributed by atoms with Crippen LogP contribution in [0.15, 0.2) is 0 Å². The summed E-state index contributed by atoms with van der Waals surface area (Å²) in [6.45, 7) is 0.709. The van der Waals surface area contributed by atoms with Crippen molar-refractivity contribution in [3.8, 4) is 0 Å². The van der Waals surface area contributed by atoms with Crippen LogP contribution in [0.4, 0.5) is 0 Å². The van der Waals surface area contributed by atoms with Crippen LogP contribution in [0.25, 0.3) is 0 Å². The van der Waals surface area contributed by atoms with Gasteiger partial charge in [-0.15, -0.1) is 0 Å². The molecule has 0 radical (unpaired) electrons. The van der Waals surface area contributed by atoms with Gasteiger partial charge < -0.3 is 54.7 Å². The van der Waals surface area contributed by atoms with Gasteiger partial charge in [0.2, 0.25) is 0 Å². The molecule has 2 heterocycles. The van der Waals surface area contributed by atoms with Gasteiger partial charge in [0.1, 0.15) is 48.8 Å². The lowest BCUT2D eigenvalue weighted by Gasteiger charge is -2.46. The molecular formula is C14H26O11. The molecule has 0 bridgehead atoms. The first-order valence-electron chi connectivity index (χ1n) is 8.05. The molecular weight excluding hydrogens is 344 g/mol. The van der Waals surface area contributed by atoms with Gasteiger partial charge in [-0.25, -0.2) is 0 Å². The van der Waals surface area contributed by atoms with Crippen molar-refractivity contribution >= 4 is 0 Å². The van der Waals surface area contributed by atoms with Crippen molar-refractivity contribution in [1.29, 1.82) is 0 Å². The molecule has 2 aliphatic heterocycles. The molecule has 11 heteroatoms. The van der Waals surface area contributed by atoms with Crippen molar-refractivity contribution in [3.05, 3.63) is 0 Å². The molecule has 0 amide bonds. The lowest BCUT2D eigenvalue weighted by atomic mass is 9.97. The molecule has 0 aliphatic carbocycles. The summed E-state index contributed by atoms with van der Waals surface area (Å²) in [4.78, 5) is 0. The van der Waals surface area contributed by atoms with Crippen molar-refractivity contribution in [2.24, 2.45) is 0 Å². The van der Waals surface area contributed by atoms with Crippen LogP contribution >= 0.6 is 0 Å². The normalized spacial score (nSPS) is 48.5. The second-order valence-electron chi connectivity index (χ2n) is 5.96. The second-order valence-corrected chi connectivity index (χ2v) is 5.96. The topological polar surface area (TPSA) is 179 Å². The number of rotatable bonds is 6. The molecule has 25 heavy (non-hydrogen) atoms. The number of ether oxygens (including phenoxy) is 4. The predicted octanol–water partition coefficient (Wildman–Crippen LogP) is -4.35. The van der Waals surface area contributed by atoms with Crippen molar-refractivity contribution in [1.82, 2.24) is 0 Å². The van der Waals surface area contributed by atoms with Crippen LogP contribution in [0.1, 0.15) is 6.92 Å². The first kappa shape index (κ1) is 20.9. The average Bonchev–Trinajstić information content (AvgIpc) is 2.61. The van der Waals surface area contributed by atoms with E-state index in [4.69, 9.17) is 18.9 Å². The lowest BCUT2D eigenvalue weighted by Crippen LogP contribution is -2.64. The van der Waals surface area contributed by atoms with E-state index in [1.54, 1.807) is 6.92 Å². The fourth-order valence-corrected chi connectivity index (χ4v) is 2.95. The smallest absolute Gasteiger partial charge is 0.187 e. The molecule has 0 aromatic heterocycles. The first-order valence-corrected chi connectivity index (χ1v) is 8.05. The van der Waals surface area contributed by atoms with Gasteiger partial charge >= 0.3 is 0 Å².